The summed E-state index contributed by atoms with van der Waals surface area (Å²) in [5, 5.41) is 9.48. The van der Waals surface area contributed by atoms with Crippen molar-refractivity contribution in [3.63, 3.8) is 0 Å². The normalized spacial score (nSPS) is 24.6. The number of nitrogens with zero attached hydrogens (tertiary/aromatic N) is 3. The number of hydrogen-bond acceptors (Lipinski definition) is 4. The van der Waals surface area contributed by atoms with Gasteiger partial charge in [0.15, 0.2) is 0 Å². The molecule has 6 heteroatoms. The Morgan fingerprint density at radius 3 is 2.61 bits per heavy atom. The number of carbonyl (C=O) groups is 1. The highest BCUT2D eigenvalue weighted by atomic mass is 35.5. The smallest absolute Gasteiger partial charge is 0.256 e. The molecule has 1 aromatic heterocycles. The number of hydrogen-bond donors (Lipinski definition) is 1. The predicted molar refractivity (Wildman–Crippen MR) is 90.9 cm³/mol. The Kier molecular flexibility index (Phi) is 4.78. The van der Waals surface area contributed by atoms with Gasteiger partial charge in [-0.25, -0.2) is 4.98 Å². The van der Waals surface area contributed by atoms with Crippen molar-refractivity contribution in [3.8, 4) is 0 Å². The molecule has 2 heterocycles. The van der Waals surface area contributed by atoms with Crippen LogP contribution in [0.25, 0.3) is 0 Å². The largest absolute Gasteiger partial charge is 0.396 e. The van der Waals surface area contributed by atoms with Crippen molar-refractivity contribution in [2.75, 3.05) is 38.7 Å². The van der Waals surface area contributed by atoms with Gasteiger partial charge in [0.25, 0.3) is 5.91 Å². The lowest BCUT2D eigenvalue weighted by atomic mass is 9.91. The van der Waals surface area contributed by atoms with Crippen molar-refractivity contribution in [1.82, 2.24) is 9.88 Å². The number of anilines is 1. The van der Waals surface area contributed by atoms with Gasteiger partial charge in [-0.1, -0.05) is 11.6 Å². The van der Waals surface area contributed by atoms with Crippen LogP contribution in [0.1, 0.15) is 29.6 Å². The fourth-order valence-corrected chi connectivity index (χ4v) is 3.85. The molecule has 0 spiro atoms. The van der Waals surface area contributed by atoms with E-state index in [1.807, 2.05) is 6.07 Å². The van der Waals surface area contributed by atoms with Crippen LogP contribution in [-0.2, 0) is 0 Å². The third kappa shape index (κ3) is 3.45. The van der Waals surface area contributed by atoms with Crippen LogP contribution in [0, 0.1) is 17.8 Å². The Bertz CT molecular complexity index is 585. The van der Waals surface area contributed by atoms with Crippen LogP contribution >= 0.6 is 11.6 Å². The maximum atomic E-state index is 12.0. The van der Waals surface area contributed by atoms with Gasteiger partial charge in [-0.15, -0.1) is 0 Å². The Morgan fingerprint density at radius 1 is 1.39 bits per heavy atom. The lowest BCUT2D eigenvalue weighted by Gasteiger charge is -2.33. The highest BCUT2D eigenvalue weighted by molar-refractivity contribution is 6.32. The second kappa shape index (κ2) is 6.65. The summed E-state index contributed by atoms with van der Waals surface area (Å²) in [6.07, 6.45) is 3.46. The van der Waals surface area contributed by atoms with E-state index in [1.165, 1.54) is 11.3 Å². The van der Waals surface area contributed by atoms with E-state index in [2.05, 4.69) is 9.88 Å². The van der Waals surface area contributed by atoms with Crippen molar-refractivity contribution in [2.24, 2.45) is 17.8 Å². The summed E-state index contributed by atoms with van der Waals surface area (Å²) in [5.41, 5.74) is 0.444. The van der Waals surface area contributed by atoms with E-state index in [-0.39, 0.29) is 11.1 Å². The minimum absolute atomic E-state index is 0.128. The minimum atomic E-state index is -0.128. The zero-order chi connectivity index (χ0) is 16.6. The molecular weight excluding hydrogens is 314 g/mol. The van der Waals surface area contributed by atoms with E-state index in [4.69, 9.17) is 11.6 Å². The van der Waals surface area contributed by atoms with E-state index in [0.29, 0.717) is 18.1 Å². The van der Waals surface area contributed by atoms with Gasteiger partial charge in [-0.3, -0.25) is 4.79 Å². The molecule has 2 atom stereocenters. The minimum Gasteiger partial charge on any atom is -0.396 e. The molecule has 1 saturated heterocycles. The molecule has 23 heavy (non-hydrogen) atoms. The van der Waals surface area contributed by atoms with Gasteiger partial charge in [-0.05, 0) is 49.1 Å². The van der Waals surface area contributed by atoms with Gasteiger partial charge in [0, 0.05) is 33.8 Å². The van der Waals surface area contributed by atoms with Crippen LogP contribution in [0.15, 0.2) is 12.1 Å². The van der Waals surface area contributed by atoms with E-state index >= 15 is 0 Å². The lowest BCUT2D eigenvalue weighted by Crippen LogP contribution is -2.35. The first-order valence-corrected chi connectivity index (χ1v) is 8.63. The molecule has 5 nitrogen and oxygen atoms in total. The Labute approximate surface area is 142 Å². The average Bonchev–Trinajstić information content (AvgIpc) is 3.34. The molecule has 0 radical (unpaired) electrons. The number of amides is 1. The molecule has 2 fully saturated rings. The molecule has 1 N–H and O–H groups in total. The quantitative estimate of drug-likeness (QED) is 0.856. The molecule has 2 aliphatic rings. The third-order valence-electron chi connectivity index (χ3n) is 5.15. The maximum Gasteiger partial charge on any atom is 0.256 e. The van der Waals surface area contributed by atoms with E-state index in [0.717, 1.165) is 43.6 Å². The molecule has 0 aromatic carbocycles. The van der Waals surface area contributed by atoms with Crippen LogP contribution in [0.5, 0.6) is 0 Å². The Hall–Kier alpha value is -1.33. The van der Waals surface area contributed by atoms with Crippen molar-refractivity contribution in [3.05, 3.63) is 22.8 Å². The number of carbonyl (C=O) groups excluding carboxylic acids is 1. The van der Waals surface area contributed by atoms with Crippen LogP contribution in [0.2, 0.25) is 5.15 Å². The number of aliphatic hydroxyl groups excluding tert-OH is 1. The number of rotatable bonds is 4. The van der Waals surface area contributed by atoms with Crippen LogP contribution in [-0.4, -0.2) is 54.7 Å². The van der Waals surface area contributed by atoms with Gasteiger partial charge in [0.1, 0.15) is 11.0 Å². The Morgan fingerprint density at radius 2 is 2.09 bits per heavy atom. The number of halogens is 1. The summed E-state index contributed by atoms with van der Waals surface area (Å²) in [6, 6.07) is 3.65. The summed E-state index contributed by atoms with van der Waals surface area (Å²) in [5.74, 6) is 2.71. The second-order valence-electron chi connectivity index (χ2n) is 6.87. The van der Waals surface area contributed by atoms with Gasteiger partial charge in [0.05, 0.1) is 5.56 Å². The molecule has 1 amide bonds. The molecule has 1 saturated carbocycles. The first-order valence-electron chi connectivity index (χ1n) is 8.25. The maximum absolute atomic E-state index is 12.0. The summed E-state index contributed by atoms with van der Waals surface area (Å²) in [6.45, 7) is 2.26. The van der Waals surface area contributed by atoms with Gasteiger partial charge >= 0.3 is 0 Å². The van der Waals surface area contributed by atoms with Crippen molar-refractivity contribution >= 4 is 23.3 Å². The molecule has 1 aliphatic heterocycles. The van der Waals surface area contributed by atoms with Crippen molar-refractivity contribution in [2.45, 2.75) is 19.3 Å². The molecular formula is C17H24ClN3O2. The number of pyridine rings is 1. The summed E-state index contributed by atoms with van der Waals surface area (Å²) in [4.78, 5) is 20.2. The Balaban J connectivity index is 1.62. The monoisotopic (exact) mass is 337 g/mol. The fourth-order valence-electron chi connectivity index (χ4n) is 3.62. The lowest BCUT2D eigenvalue weighted by molar-refractivity contribution is 0.0827. The number of piperidine rings is 1. The topological polar surface area (TPSA) is 56.7 Å². The molecule has 126 valence electrons. The van der Waals surface area contributed by atoms with Crippen molar-refractivity contribution < 1.29 is 9.90 Å². The standard InChI is InChI=1S/C17H24ClN3O2/c1-20(2)17(23)13-3-4-15(19-16(13)18)21-7-5-11(6-8-21)14-9-12(14)10-22/h3-4,11-12,14,22H,5-10H2,1-2H3/t12-,14+/m0/s1. The molecule has 1 aromatic rings. The van der Waals surface area contributed by atoms with Gasteiger partial charge in [-0.2, -0.15) is 0 Å². The highest BCUT2D eigenvalue weighted by Crippen LogP contribution is 2.47. The average molecular weight is 338 g/mol. The summed E-state index contributed by atoms with van der Waals surface area (Å²) >= 11 is 6.20. The first-order chi connectivity index (χ1) is 11.0. The summed E-state index contributed by atoms with van der Waals surface area (Å²) in [7, 11) is 3.41. The molecule has 0 bridgehead atoms. The van der Waals surface area contributed by atoms with Crippen molar-refractivity contribution in [1.29, 1.82) is 0 Å². The molecule has 0 unspecified atom stereocenters. The number of aromatic nitrogens is 1. The summed E-state index contributed by atoms with van der Waals surface area (Å²) < 4.78 is 0. The highest BCUT2D eigenvalue weighted by Gasteiger charge is 2.43. The second-order valence-corrected chi connectivity index (χ2v) is 7.23. The van der Waals surface area contributed by atoms with E-state index in [9.17, 15) is 9.90 Å². The molecule has 1 aliphatic carbocycles. The van der Waals surface area contributed by atoms with Gasteiger partial charge < -0.3 is 14.9 Å². The van der Waals surface area contributed by atoms with E-state index in [1.54, 1.807) is 20.2 Å². The van der Waals surface area contributed by atoms with E-state index < -0.39 is 0 Å². The van der Waals surface area contributed by atoms with Crippen LogP contribution in [0.3, 0.4) is 0 Å². The third-order valence-corrected chi connectivity index (χ3v) is 5.44. The van der Waals surface area contributed by atoms with Crippen LogP contribution in [0.4, 0.5) is 5.82 Å². The number of aliphatic hydroxyl groups is 1. The predicted octanol–water partition coefficient (Wildman–Crippen LogP) is 2.28. The van der Waals surface area contributed by atoms with Crippen LogP contribution < -0.4 is 4.90 Å². The molecule has 3 rings (SSSR count). The SMILES string of the molecule is CN(C)C(=O)c1ccc(N2CCC([C@H]3C[C@H]3CO)CC2)nc1Cl. The zero-order valence-corrected chi connectivity index (χ0v) is 14.5. The zero-order valence-electron chi connectivity index (χ0n) is 13.7. The van der Waals surface area contributed by atoms with Gasteiger partial charge in [0.2, 0.25) is 0 Å². The first kappa shape index (κ1) is 16.5. The fraction of sp³-hybridized carbons (Fsp3) is 0.647.